The van der Waals surface area contributed by atoms with Crippen molar-refractivity contribution in [3.8, 4) is 12.1 Å². The van der Waals surface area contributed by atoms with E-state index in [1.807, 2.05) is 37.3 Å². The van der Waals surface area contributed by atoms with Crippen LogP contribution in [0.5, 0.6) is 0 Å². The Bertz CT molecular complexity index is 1170. The Morgan fingerprint density at radius 2 is 1.87 bits per heavy atom. The molecule has 2 aromatic rings. The molecular weight excluding hydrogens is 479 g/mol. The second kappa shape index (κ2) is 12.4. The van der Waals surface area contributed by atoms with Crippen molar-refractivity contribution < 1.29 is 13.9 Å². The average molecular weight is 517 g/mol. The van der Waals surface area contributed by atoms with Gasteiger partial charge in [0, 0.05) is 44.6 Å². The first-order valence-corrected chi connectivity index (χ1v) is 13.7. The summed E-state index contributed by atoms with van der Waals surface area (Å²) in [5.41, 5.74) is 1.60. The maximum absolute atomic E-state index is 14.3. The van der Waals surface area contributed by atoms with Crippen LogP contribution >= 0.6 is 0 Å². The van der Waals surface area contributed by atoms with Gasteiger partial charge in [-0.15, -0.1) is 0 Å². The minimum Gasteiger partial charge on any atom is -0.462 e. The van der Waals surface area contributed by atoms with Crippen LogP contribution < -0.4 is 4.90 Å². The van der Waals surface area contributed by atoms with Crippen LogP contribution in [-0.4, -0.2) is 49.7 Å². The molecule has 0 spiro atoms. The fraction of sp³-hybridized carbons (Fsp3) is 0.516. The molecule has 2 fully saturated rings. The van der Waals surface area contributed by atoms with Gasteiger partial charge in [-0.1, -0.05) is 25.5 Å². The second-order valence-corrected chi connectivity index (χ2v) is 10.8. The molecule has 200 valence electrons. The van der Waals surface area contributed by atoms with Gasteiger partial charge in [0.1, 0.15) is 11.9 Å². The van der Waals surface area contributed by atoms with Crippen molar-refractivity contribution in [3.63, 3.8) is 0 Å². The fourth-order valence-electron chi connectivity index (χ4n) is 6.22. The third-order valence-electron chi connectivity index (χ3n) is 8.15. The number of carbonyl (C=O) groups excluding carboxylic acids is 1. The number of anilines is 1. The first-order valence-electron chi connectivity index (χ1n) is 13.7. The molecule has 4 rings (SSSR count). The maximum atomic E-state index is 14.3. The van der Waals surface area contributed by atoms with E-state index in [1.54, 1.807) is 6.07 Å². The molecule has 2 heterocycles. The molecule has 2 aromatic carbocycles. The highest BCUT2D eigenvalue weighted by molar-refractivity contribution is 5.66. The molecule has 2 aliphatic heterocycles. The zero-order valence-corrected chi connectivity index (χ0v) is 22.4. The van der Waals surface area contributed by atoms with Crippen LogP contribution in [-0.2, 0) is 14.9 Å². The number of nitrogens with zero attached hydrogens (tertiary/aromatic N) is 4. The van der Waals surface area contributed by atoms with E-state index in [2.05, 4.69) is 21.9 Å². The number of nitriles is 2. The first kappa shape index (κ1) is 27.6. The number of likely N-dealkylation sites (tertiary alicyclic amines) is 1. The number of ether oxygens (including phenoxy) is 1. The number of piperidine rings is 1. The van der Waals surface area contributed by atoms with Gasteiger partial charge in [-0.3, -0.25) is 4.79 Å². The van der Waals surface area contributed by atoms with Crippen LogP contribution in [0.1, 0.15) is 57.1 Å². The van der Waals surface area contributed by atoms with E-state index in [-0.39, 0.29) is 23.8 Å². The topological polar surface area (TPSA) is 80.4 Å². The Morgan fingerprint density at radius 3 is 2.45 bits per heavy atom. The summed E-state index contributed by atoms with van der Waals surface area (Å²) in [5, 5.41) is 19.6. The Kier molecular flexibility index (Phi) is 9.02. The van der Waals surface area contributed by atoms with Crippen molar-refractivity contribution in [3.05, 3.63) is 65.5 Å². The van der Waals surface area contributed by atoms with E-state index in [0.29, 0.717) is 29.9 Å². The van der Waals surface area contributed by atoms with Gasteiger partial charge in [-0.25, -0.2) is 4.39 Å². The standard InChI is InChI=1S/C31H37FN4O2/c1-3-5-30(38-23(2)37)17-31(22-34,27-6-4-7-28(32)16-27)26-12-14-35(15-13-26)19-25-20-36(21-25)29-10-8-24(18-33)9-11-29/h4,6-11,16,25-26,30H,3,5,12-15,17,19-21H2,1-2H3/t30-,31?/m0/s1. The zero-order chi connectivity index (χ0) is 27.1. The lowest BCUT2D eigenvalue weighted by Crippen LogP contribution is -2.53. The Morgan fingerprint density at radius 1 is 1.16 bits per heavy atom. The van der Waals surface area contributed by atoms with E-state index >= 15 is 0 Å². The molecule has 0 saturated carbocycles. The van der Waals surface area contributed by atoms with Gasteiger partial charge >= 0.3 is 5.97 Å². The lowest BCUT2D eigenvalue weighted by Gasteiger charge is -2.46. The number of benzene rings is 2. The smallest absolute Gasteiger partial charge is 0.302 e. The number of rotatable bonds is 10. The zero-order valence-electron chi connectivity index (χ0n) is 22.4. The molecule has 0 N–H and O–H groups in total. The number of hydrogen-bond acceptors (Lipinski definition) is 6. The SMILES string of the molecule is CCC[C@@H](CC(C#N)(c1cccc(F)c1)C1CCN(CC2CN(c3ccc(C#N)cc3)C2)CC1)OC(C)=O. The Hall–Kier alpha value is -3.42. The van der Waals surface area contributed by atoms with Gasteiger partial charge < -0.3 is 14.5 Å². The van der Waals surface area contributed by atoms with Gasteiger partial charge in [-0.05, 0) is 80.2 Å². The number of carbonyl (C=O) groups is 1. The molecule has 0 radical (unpaired) electrons. The van der Waals surface area contributed by atoms with Gasteiger partial charge in [0.2, 0.25) is 0 Å². The molecular formula is C31H37FN4O2. The van der Waals surface area contributed by atoms with Crippen molar-refractivity contribution in [2.45, 2.75) is 57.5 Å². The Balaban J connectivity index is 1.40. The lowest BCUT2D eigenvalue weighted by atomic mass is 9.64. The summed E-state index contributed by atoms with van der Waals surface area (Å²) in [6.45, 7) is 8.24. The summed E-state index contributed by atoms with van der Waals surface area (Å²) in [6.07, 6.45) is 3.20. The molecule has 1 unspecified atom stereocenters. The molecule has 2 aliphatic rings. The maximum Gasteiger partial charge on any atom is 0.302 e. The van der Waals surface area contributed by atoms with Crippen molar-refractivity contribution in [2.24, 2.45) is 11.8 Å². The number of esters is 1. The summed E-state index contributed by atoms with van der Waals surface area (Å²) in [4.78, 5) is 16.6. The highest BCUT2D eigenvalue weighted by Gasteiger charge is 2.45. The number of halogens is 1. The van der Waals surface area contributed by atoms with Gasteiger partial charge in [0.25, 0.3) is 0 Å². The van der Waals surface area contributed by atoms with Gasteiger partial charge in [0.05, 0.1) is 23.1 Å². The molecule has 0 bridgehead atoms. The molecule has 38 heavy (non-hydrogen) atoms. The minimum atomic E-state index is -0.910. The van der Waals surface area contributed by atoms with Crippen molar-refractivity contribution >= 4 is 11.7 Å². The second-order valence-electron chi connectivity index (χ2n) is 10.8. The van der Waals surface area contributed by atoms with Gasteiger partial charge in [0.15, 0.2) is 0 Å². The molecule has 0 aromatic heterocycles. The molecule has 0 aliphatic carbocycles. The van der Waals surface area contributed by atoms with Crippen LogP contribution in [0.4, 0.5) is 10.1 Å². The van der Waals surface area contributed by atoms with E-state index in [4.69, 9.17) is 10.00 Å². The fourth-order valence-corrected chi connectivity index (χ4v) is 6.22. The van der Waals surface area contributed by atoms with E-state index in [0.717, 1.165) is 57.7 Å². The summed E-state index contributed by atoms with van der Waals surface area (Å²) in [7, 11) is 0. The van der Waals surface area contributed by atoms with Crippen LogP contribution in [0.2, 0.25) is 0 Å². The van der Waals surface area contributed by atoms with Crippen molar-refractivity contribution in [1.82, 2.24) is 4.90 Å². The molecule has 7 heteroatoms. The average Bonchev–Trinajstić information content (AvgIpc) is 2.89. The largest absolute Gasteiger partial charge is 0.462 e. The van der Waals surface area contributed by atoms with Crippen molar-refractivity contribution in [1.29, 1.82) is 10.5 Å². The molecule has 6 nitrogen and oxygen atoms in total. The first-order chi connectivity index (χ1) is 18.4. The minimum absolute atomic E-state index is 0.0528. The lowest BCUT2D eigenvalue weighted by molar-refractivity contribution is -0.147. The third-order valence-corrected chi connectivity index (χ3v) is 8.15. The molecule has 0 amide bonds. The van der Waals surface area contributed by atoms with E-state index < -0.39 is 5.41 Å². The van der Waals surface area contributed by atoms with Crippen molar-refractivity contribution in [2.75, 3.05) is 37.6 Å². The predicted molar refractivity (Wildman–Crippen MR) is 145 cm³/mol. The highest BCUT2D eigenvalue weighted by Crippen LogP contribution is 2.43. The summed E-state index contributed by atoms with van der Waals surface area (Å²) in [6, 6.07) is 18.9. The van der Waals surface area contributed by atoms with Crippen LogP contribution in [0.25, 0.3) is 0 Å². The molecule has 2 saturated heterocycles. The molecule has 2 atom stereocenters. The van der Waals surface area contributed by atoms with Crippen LogP contribution in [0.3, 0.4) is 0 Å². The quantitative estimate of drug-likeness (QED) is 0.392. The van der Waals surface area contributed by atoms with Crippen LogP contribution in [0.15, 0.2) is 48.5 Å². The summed E-state index contributed by atoms with van der Waals surface area (Å²) < 4.78 is 19.9. The van der Waals surface area contributed by atoms with Gasteiger partial charge in [-0.2, -0.15) is 10.5 Å². The van der Waals surface area contributed by atoms with E-state index in [1.165, 1.54) is 19.1 Å². The highest BCUT2D eigenvalue weighted by atomic mass is 19.1. The summed E-state index contributed by atoms with van der Waals surface area (Å²) >= 11 is 0. The Labute approximate surface area is 225 Å². The van der Waals surface area contributed by atoms with E-state index in [9.17, 15) is 14.4 Å². The normalized spacial score (nSPS) is 19.0. The monoisotopic (exact) mass is 516 g/mol. The van der Waals surface area contributed by atoms with Crippen LogP contribution in [0, 0.1) is 40.3 Å². The number of hydrogen-bond donors (Lipinski definition) is 0. The predicted octanol–water partition coefficient (Wildman–Crippen LogP) is 5.43. The summed E-state index contributed by atoms with van der Waals surface area (Å²) in [5.74, 6) is -0.0585. The third kappa shape index (κ3) is 6.34.